The van der Waals surface area contributed by atoms with E-state index < -0.39 is 0 Å². The van der Waals surface area contributed by atoms with Crippen molar-refractivity contribution in [2.75, 3.05) is 11.9 Å². The predicted molar refractivity (Wildman–Crippen MR) is 92.9 cm³/mol. The van der Waals surface area contributed by atoms with Gasteiger partial charge in [-0.05, 0) is 30.2 Å². The lowest BCUT2D eigenvalue weighted by atomic mass is 10.2. The van der Waals surface area contributed by atoms with Crippen LogP contribution in [0.2, 0.25) is 0 Å². The van der Waals surface area contributed by atoms with Crippen LogP contribution in [0.5, 0.6) is 0 Å². The van der Waals surface area contributed by atoms with Gasteiger partial charge in [0, 0.05) is 25.2 Å². The van der Waals surface area contributed by atoms with Crippen LogP contribution in [0.4, 0.5) is 5.69 Å². The van der Waals surface area contributed by atoms with Gasteiger partial charge in [-0.2, -0.15) is 0 Å². The number of furan rings is 1. The summed E-state index contributed by atoms with van der Waals surface area (Å²) in [4.78, 5) is 25.6. The average molecular weight is 350 g/mol. The van der Waals surface area contributed by atoms with Gasteiger partial charge in [0.1, 0.15) is 12.0 Å². The highest BCUT2D eigenvalue weighted by Gasteiger charge is 2.19. The molecule has 2 heterocycles. The van der Waals surface area contributed by atoms with Crippen LogP contribution >= 0.6 is 12.4 Å². The van der Waals surface area contributed by atoms with E-state index in [4.69, 9.17) is 10.2 Å². The monoisotopic (exact) mass is 349 g/mol. The fraction of sp³-hybridized carbons (Fsp3) is 0.294. The lowest BCUT2D eigenvalue weighted by Crippen LogP contribution is -2.23. The molecular formula is C17H20ClN3O3. The average Bonchev–Trinajstić information content (AvgIpc) is 3.19. The van der Waals surface area contributed by atoms with Crippen molar-refractivity contribution in [3.63, 3.8) is 0 Å². The van der Waals surface area contributed by atoms with Crippen LogP contribution in [0.15, 0.2) is 41.0 Å². The van der Waals surface area contributed by atoms with E-state index in [0.29, 0.717) is 30.0 Å². The molecular weight excluding hydrogens is 330 g/mol. The van der Waals surface area contributed by atoms with E-state index in [1.165, 1.54) is 6.26 Å². The van der Waals surface area contributed by atoms with Gasteiger partial charge in [0.25, 0.3) is 5.91 Å². The standard InChI is InChI=1S/C17H19N3O3.ClH/c18-9-15-8-13(11-23-15)17(22)19-14-5-3-12(4-6-14)10-20-7-1-2-16(20)21;/h3-6,8,11H,1-2,7,9-10,18H2,(H,19,22);1H. The first kappa shape index (κ1) is 18.0. The molecule has 3 N–H and O–H groups in total. The summed E-state index contributed by atoms with van der Waals surface area (Å²) in [6.45, 7) is 1.70. The quantitative estimate of drug-likeness (QED) is 0.868. The molecule has 0 atom stereocenters. The number of benzene rings is 1. The molecule has 3 rings (SSSR count). The van der Waals surface area contributed by atoms with Crippen molar-refractivity contribution in [2.45, 2.75) is 25.9 Å². The fourth-order valence-electron chi connectivity index (χ4n) is 2.60. The second-order valence-corrected chi connectivity index (χ2v) is 5.58. The van der Waals surface area contributed by atoms with Gasteiger partial charge >= 0.3 is 0 Å². The number of nitrogens with zero attached hydrogens (tertiary/aromatic N) is 1. The van der Waals surface area contributed by atoms with E-state index in [-0.39, 0.29) is 30.8 Å². The second kappa shape index (κ2) is 7.99. The minimum atomic E-state index is -0.240. The number of halogens is 1. The van der Waals surface area contributed by atoms with Crippen LogP contribution in [0.1, 0.15) is 34.5 Å². The predicted octanol–water partition coefficient (Wildman–Crippen LogP) is 2.53. The summed E-state index contributed by atoms with van der Waals surface area (Å²) in [6.07, 6.45) is 2.97. The molecule has 7 heteroatoms. The van der Waals surface area contributed by atoms with E-state index in [1.807, 2.05) is 29.2 Å². The third-order valence-corrected chi connectivity index (χ3v) is 3.87. The van der Waals surface area contributed by atoms with Gasteiger partial charge in [-0.25, -0.2) is 0 Å². The Morgan fingerprint density at radius 1 is 1.29 bits per heavy atom. The summed E-state index contributed by atoms with van der Waals surface area (Å²) in [5.74, 6) is 0.537. The summed E-state index contributed by atoms with van der Waals surface area (Å²) in [6, 6.07) is 9.13. The van der Waals surface area contributed by atoms with Crippen LogP contribution in [0, 0.1) is 0 Å². The Morgan fingerprint density at radius 2 is 2.04 bits per heavy atom. The molecule has 1 aliphatic rings. The molecule has 0 radical (unpaired) electrons. The molecule has 128 valence electrons. The Bertz CT molecular complexity index is 712. The highest BCUT2D eigenvalue weighted by Crippen LogP contribution is 2.17. The van der Waals surface area contributed by atoms with Gasteiger partial charge < -0.3 is 20.4 Å². The van der Waals surface area contributed by atoms with E-state index in [1.54, 1.807) is 6.07 Å². The zero-order chi connectivity index (χ0) is 16.2. The van der Waals surface area contributed by atoms with Gasteiger partial charge in [-0.3, -0.25) is 9.59 Å². The first-order valence-electron chi connectivity index (χ1n) is 7.61. The number of nitrogens with one attached hydrogen (secondary N) is 1. The summed E-state index contributed by atoms with van der Waals surface area (Å²) in [5, 5.41) is 2.80. The largest absolute Gasteiger partial charge is 0.467 e. The van der Waals surface area contributed by atoms with Crippen molar-refractivity contribution >= 4 is 29.9 Å². The van der Waals surface area contributed by atoms with E-state index >= 15 is 0 Å². The molecule has 1 aromatic carbocycles. The number of hydrogen-bond acceptors (Lipinski definition) is 4. The lowest BCUT2D eigenvalue weighted by Gasteiger charge is -2.15. The Kier molecular flexibility index (Phi) is 6.00. The maximum absolute atomic E-state index is 12.1. The Labute approximate surface area is 146 Å². The van der Waals surface area contributed by atoms with Gasteiger partial charge in [-0.1, -0.05) is 12.1 Å². The molecule has 1 aromatic heterocycles. The number of likely N-dealkylation sites (tertiary alicyclic amines) is 1. The number of anilines is 1. The van der Waals surface area contributed by atoms with Crippen molar-refractivity contribution in [3.8, 4) is 0 Å². The first-order valence-corrected chi connectivity index (χ1v) is 7.61. The summed E-state index contributed by atoms with van der Waals surface area (Å²) < 4.78 is 5.15. The van der Waals surface area contributed by atoms with Gasteiger partial charge in [-0.15, -0.1) is 12.4 Å². The number of carbonyl (C=O) groups excluding carboxylic acids is 2. The highest BCUT2D eigenvalue weighted by atomic mass is 35.5. The number of carbonyl (C=O) groups is 2. The van der Waals surface area contributed by atoms with Crippen molar-refractivity contribution in [1.29, 1.82) is 0 Å². The fourth-order valence-corrected chi connectivity index (χ4v) is 2.60. The van der Waals surface area contributed by atoms with Crippen LogP contribution in [0.25, 0.3) is 0 Å². The minimum Gasteiger partial charge on any atom is -0.467 e. The maximum atomic E-state index is 12.1. The summed E-state index contributed by atoms with van der Waals surface area (Å²) >= 11 is 0. The molecule has 1 saturated heterocycles. The smallest absolute Gasteiger partial charge is 0.258 e. The van der Waals surface area contributed by atoms with Crippen LogP contribution in [0.3, 0.4) is 0 Å². The van der Waals surface area contributed by atoms with Crippen LogP contribution in [-0.2, 0) is 17.9 Å². The second-order valence-electron chi connectivity index (χ2n) is 5.58. The van der Waals surface area contributed by atoms with E-state index in [9.17, 15) is 9.59 Å². The topological polar surface area (TPSA) is 88.6 Å². The molecule has 2 amide bonds. The SMILES string of the molecule is Cl.NCc1cc(C(=O)Nc2ccc(CN3CCCC3=O)cc2)co1. The first-order chi connectivity index (χ1) is 11.2. The molecule has 1 aliphatic heterocycles. The minimum absolute atomic E-state index is 0. The normalized spacial score (nSPS) is 13.7. The lowest BCUT2D eigenvalue weighted by molar-refractivity contribution is -0.128. The molecule has 0 bridgehead atoms. The van der Waals surface area contributed by atoms with Gasteiger partial charge in [0.05, 0.1) is 12.1 Å². The molecule has 0 unspecified atom stereocenters. The molecule has 0 aliphatic carbocycles. The number of hydrogen-bond donors (Lipinski definition) is 2. The van der Waals surface area contributed by atoms with Crippen molar-refractivity contribution in [3.05, 3.63) is 53.5 Å². The zero-order valence-electron chi connectivity index (χ0n) is 13.2. The Balaban J connectivity index is 0.00000208. The van der Waals surface area contributed by atoms with E-state index in [0.717, 1.165) is 18.5 Å². The van der Waals surface area contributed by atoms with Gasteiger partial charge in [0.2, 0.25) is 5.91 Å². The van der Waals surface area contributed by atoms with Crippen molar-refractivity contribution in [1.82, 2.24) is 4.90 Å². The summed E-state index contributed by atoms with van der Waals surface area (Å²) in [5.41, 5.74) is 7.64. The molecule has 6 nitrogen and oxygen atoms in total. The van der Waals surface area contributed by atoms with Gasteiger partial charge in [0.15, 0.2) is 0 Å². The van der Waals surface area contributed by atoms with E-state index in [2.05, 4.69) is 5.32 Å². The highest BCUT2D eigenvalue weighted by molar-refractivity contribution is 6.04. The molecule has 24 heavy (non-hydrogen) atoms. The molecule has 0 spiro atoms. The summed E-state index contributed by atoms with van der Waals surface area (Å²) in [7, 11) is 0. The molecule has 2 aromatic rings. The third-order valence-electron chi connectivity index (χ3n) is 3.87. The van der Waals surface area contributed by atoms with Crippen molar-refractivity contribution in [2.24, 2.45) is 5.73 Å². The van der Waals surface area contributed by atoms with Crippen LogP contribution in [-0.4, -0.2) is 23.3 Å². The Morgan fingerprint density at radius 3 is 2.62 bits per heavy atom. The molecule has 1 fully saturated rings. The van der Waals surface area contributed by atoms with Crippen molar-refractivity contribution < 1.29 is 14.0 Å². The van der Waals surface area contributed by atoms with Crippen LogP contribution < -0.4 is 11.1 Å². The number of amides is 2. The third kappa shape index (κ3) is 4.15. The Hall–Kier alpha value is -2.31. The maximum Gasteiger partial charge on any atom is 0.258 e. The zero-order valence-corrected chi connectivity index (χ0v) is 14.0. The molecule has 0 saturated carbocycles. The number of rotatable bonds is 5. The number of nitrogens with two attached hydrogens (primary N) is 1.